The first-order chi connectivity index (χ1) is 13.6. The minimum Gasteiger partial charge on any atom is -0.372 e. The van der Waals surface area contributed by atoms with Crippen molar-refractivity contribution in [2.75, 3.05) is 5.32 Å². The van der Waals surface area contributed by atoms with Crippen LogP contribution in [0.5, 0.6) is 0 Å². The highest BCUT2D eigenvalue weighted by Crippen LogP contribution is 2.18. The molecule has 0 atom stereocenters. The van der Waals surface area contributed by atoms with E-state index in [0.29, 0.717) is 24.9 Å². The van der Waals surface area contributed by atoms with Gasteiger partial charge in [-0.05, 0) is 59.9 Å². The maximum Gasteiger partial charge on any atom is 0.171 e. The fraction of sp³-hybridized carbons (Fsp3) is 0.208. The Hall–Kier alpha value is -2.69. The van der Waals surface area contributed by atoms with E-state index in [1.165, 1.54) is 27.8 Å². The van der Waals surface area contributed by atoms with E-state index in [2.05, 4.69) is 54.8 Å². The maximum atomic E-state index is 5.90. The molecule has 0 unspecified atom stereocenters. The third-order valence-electron chi connectivity index (χ3n) is 4.78. The monoisotopic (exact) mass is 390 g/mol. The number of rotatable bonds is 7. The molecule has 0 amide bonds. The number of nitrogens with one attached hydrogen (secondary N) is 2. The van der Waals surface area contributed by atoms with Crippen LogP contribution in [0.15, 0.2) is 72.8 Å². The highest BCUT2D eigenvalue weighted by molar-refractivity contribution is 7.80. The average Bonchev–Trinajstić information content (AvgIpc) is 2.71. The smallest absolute Gasteiger partial charge is 0.171 e. The van der Waals surface area contributed by atoms with Gasteiger partial charge in [-0.3, -0.25) is 0 Å². The van der Waals surface area contributed by atoms with Gasteiger partial charge in [-0.25, -0.2) is 0 Å². The second kappa shape index (κ2) is 10.0. The van der Waals surface area contributed by atoms with Crippen LogP contribution in [0.1, 0.15) is 27.8 Å². The van der Waals surface area contributed by atoms with Crippen LogP contribution in [0.2, 0.25) is 0 Å². The minimum absolute atomic E-state index is 0.573. The third kappa shape index (κ3) is 5.65. The largest absolute Gasteiger partial charge is 0.372 e. The van der Waals surface area contributed by atoms with Gasteiger partial charge in [0.2, 0.25) is 0 Å². The highest BCUT2D eigenvalue weighted by atomic mass is 32.1. The van der Waals surface area contributed by atoms with Crippen molar-refractivity contribution in [2.24, 2.45) is 0 Å². The fourth-order valence-electron chi connectivity index (χ4n) is 2.95. The molecule has 3 rings (SSSR count). The summed E-state index contributed by atoms with van der Waals surface area (Å²) in [5.74, 6) is 0. The van der Waals surface area contributed by atoms with Crippen molar-refractivity contribution in [3.8, 4) is 0 Å². The highest BCUT2D eigenvalue weighted by Gasteiger charge is 2.06. The van der Waals surface area contributed by atoms with Crippen molar-refractivity contribution in [1.29, 1.82) is 0 Å². The lowest BCUT2D eigenvalue weighted by atomic mass is 10.1. The van der Waals surface area contributed by atoms with E-state index >= 15 is 0 Å². The Morgan fingerprint density at radius 2 is 1.54 bits per heavy atom. The van der Waals surface area contributed by atoms with Crippen LogP contribution < -0.4 is 10.6 Å². The molecule has 0 aliphatic carbocycles. The molecular weight excluding hydrogens is 364 g/mol. The van der Waals surface area contributed by atoms with E-state index in [-0.39, 0.29) is 0 Å². The first-order valence-electron chi connectivity index (χ1n) is 9.43. The summed E-state index contributed by atoms with van der Waals surface area (Å²) in [5.41, 5.74) is 7.02. The van der Waals surface area contributed by atoms with E-state index in [0.717, 1.165) is 5.69 Å². The topological polar surface area (TPSA) is 33.3 Å². The summed E-state index contributed by atoms with van der Waals surface area (Å²) in [5, 5.41) is 7.22. The SMILES string of the molecule is Cc1cccc(NC(=S)NCc2ccccc2COCc2ccccc2)c1C. The molecule has 0 aliphatic heterocycles. The number of anilines is 1. The summed E-state index contributed by atoms with van der Waals surface area (Å²) in [6, 6.07) is 24.7. The van der Waals surface area contributed by atoms with Crippen molar-refractivity contribution >= 4 is 23.0 Å². The summed E-state index contributed by atoms with van der Waals surface area (Å²) < 4.78 is 5.90. The third-order valence-corrected chi connectivity index (χ3v) is 5.03. The van der Waals surface area contributed by atoms with E-state index in [9.17, 15) is 0 Å². The van der Waals surface area contributed by atoms with Gasteiger partial charge in [0.1, 0.15) is 0 Å². The van der Waals surface area contributed by atoms with E-state index in [1.807, 2.05) is 42.5 Å². The molecule has 0 heterocycles. The van der Waals surface area contributed by atoms with Crippen LogP contribution in [-0.2, 0) is 24.5 Å². The summed E-state index contributed by atoms with van der Waals surface area (Å²) in [6.07, 6.45) is 0. The van der Waals surface area contributed by atoms with Gasteiger partial charge in [0.25, 0.3) is 0 Å². The standard InChI is InChI=1S/C24H26N2OS/c1-18-9-8-14-23(19(18)2)26-24(28)25-15-21-12-6-7-13-22(21)17-27-16-20-10-4-3-5-11-20/h3-14H,15-17H2,1-2H3,(H2,25,26,28). The van der Waals surface area contributed by atoms with E-state index in [1.54, 1.807) is 0 Å². The van der Waals surface area contributed by atoms with Crippen molar-refractivity contribution in [3.05, 3.63) is 101 Å². The normalized spacial score (nSPS) is 10.5. The molecule has 0 saturated heterocycles. The molecule has 144 valence electrons. The van der Waals surface area contributed by atoms with Crippen LogP contribution in [0, 0.1) is 13.8 Å². The molecule has 28 heavy (non-hydrogen) atoms. The molecule has 3 nitrogen and oxygen atoms in total. The zero-order valence-electron chi connectivity index (χ0n) is 16.4. The zero-order chi connectivity index (χ0) is 19.8. The molecule has 0 saturated carbocycles. The van der Waals surface area contributed by atoms with Gasteiger partial charge in [-0.2, -0.15) is 0 Å². The summed E-state index contributed by atoms with van der Waals surface area (Å²) in [7, 11) is 0. The lowest BCUT2D eigenvalue weighted by molar-refractivity contribution is 0.106. The summed E-state index contributed by atoms with van der Waals surface area (Å²) in [6.45, 7) is 6.03. The van der Waals surface area contributed by atoms with Crippen LogP contribution in [-0.4, -0.2) is 5.11 Å². The number of thiocarbonyl (C=S) groups is 1. The second-order valence-electron chi connectivity index (χ2n) is 6.80. The van der Waals surface area contributed by atoms with Gasteiger partial charge < -0.3 is 15.4 Å². The molecule has 0 aliphatic rings. The Kier molecular flexibility index (Phi) is 7.18. The molecule has 0 radical (unpaired) electrons. The predicted molar refractivity (Wildman–Crippen MR) is 120 cm³/mol. The predicted octanol–water partition coefficient (Wildman–Crippen LogP) is 5.51. The number of hydrogen-bond donors (Lipinski definition) is 2. The Balaban J connectivity index is 1.54. The zero-order valence-corrected chi connectivity index (χ0v) is 17.2. The molecule has 2 N–H and O–H groups in total. The number of hydrogen-bond acceptors (Lipinski definition) is 2. The van der Waals surface area contributed by atoms with Crippen molar-refractivity contribution in [2.45, 2.75) is 33.6 Å². The average molecular weight is 391 g/mol. The lowest BCUT2D eigenvalue weighted by Gasteiger charge is -2.15. The van der Waals surface area contributed by atoms with Crippen molar-refractivity contribution < 1.29 is 4.74 Å². The number of aryl methyl sites for hydroxylation is 1. The molecule has 0 spiro atoms. The maximum absolute atomic E-state index is 5.90. The Morgan fingerprint density at radius 3 is 2.32 bits per heavy atom. The van der Waals surface area contributed by atoms with Gasteiger partial charge in [-0.15, -0.1) is 0 Å². The second-order valence-corrected chi connectivity index (χ2v) is 7.21. The molecule has 0 aromatic heterocycles. The number of benzene rings is 3. The van der Waals surface area contributed by atoms with Crippen molar-refractivity contribution in [1.82, 2.24) is 5.32 Å². The molecule has 3 aromatic rings. The van der Waals surface area contributed by atoms with Gasteiger partial charge in [0, 0.05) is 12.2 Å². The van der Waals surface area contributed by atoms with Crippen LogP contribution in [0.4, 0.5) is 5.69 Å². The van der Waals surface area contributed by atoms with Crippen molar-refractivity contribution in [3.63, 3.8) is 0 Å². The van der Waals surface area contributed by atoms with Crippen LogP contribution in [0.25, 0.3) is 0 Å². The lowest BCUT2D eigenvalue weighted by Crippen LogP contribution is -2.28. The fourth-order valence-corrected chi connectivity index (χ4v) is 3.13. The first kappa shape index (κ1) is 20.1. The first-order valence-corrected chi connectivity index (χ1v) is 9.84. The molecule has 0 bridgehead atoms. The molecular formula is C24H26N2OS. The Labute approximate surface area is 172 Å². The minimum atomic E-state index is 0.573. The Morgan fingerprint density at radius 1 is 0.821 bits per heavy atom. The molecule has 4 heteroatoms. The molecule has 3 aromatic carbocycles. The van der Waals surface area contributed by atoms with E-state index in [4.69, 9.17) is 17.0 Å². The van der Waals surface area contributed by atoms with Gasteiger partial charge in [0.05, 0.1) is 13.2 Å². The summed E-state index contributed by atoms with van der Waals surface area (Å²) >= 11 is 5.48. The van der Waals surface area contributed by atoms with Crippen LogP contribution >= 0.6 is 12.2 Å². The molecule has 0 fully saturated rings. The van der Waals surface area contributed by atoms with E-state index < -0.39 is 0 Å². The number of ether oxygens (including phenoxy) is 1. The van der Waals surface area contributed by atoms with Crippen LogP contribution in [0.3, 0.4) is 0 Å². The quantitative estimate of drug-likeness (QED) is 0.522. The van der Waals surface area contributed by atoms with Gasteiger partial charge in [0.15, 0.2) is 5.11 Å². The Bertz CT molecular complexity index is 925. The summed E-state index contributed by atoms with van der Waals surface area (Å²) in [4.78, 5) is 0. The van der Waals surface area contributed by atoms with Gasteiger partial charge in [-0.1, -0.05) is 66.7 Å². The van der Waals surface area contributed by atoms with Gasteiger partial charge >= 0.3 is 0 Å².